The van der Waals surface area contributed by atoms with Gasteiger partial charge in [0.2, 0.25) is 0 Å². The van der Waals surface area contributed by atoms with Gasteiger partial charge in [0.05, 0.1) is 18.4 Å². The zero-order chi connectivity index (χ0) is 14.5. The molecule has 0 radical (unpaired) electrons. The fourth-order valence-electron chi connectivity index (χ4n) is 2.75. The number of hydrogen-bond donors (Lipinski definition) is 2. The van der Waals surface area contributed by atoms with Gasteiger partial charge in [-0.15, -0.1) is 0 Å². The number of ether oxygens (including phenoxy) is 1. The Labute approximate surface area is 119 Å². The Hall–Kier alpha value is -1.75. The topological polar surface area (TPSA) is 61.8 Å². The molecule has 2 N–H and O–H groups in total. The molecule has 1 aliphatic rings. The quantitative estimate of drug-likeness (QED) is 0.836. The van der Waals surface area contributed by atoms with Crippen molar-refractivity contribution >= 4 is 11.7 Å². The first kappa shape index (κ1) is 14.7. The summed E-state index contributed by atoms with van der Waals surface area (Å²) in [6, 6.07) is 5.47. The second-order valence-electron chi connectivity index (χ2n) is 5.02. The van der Waals surface area contributed by atoms with E-state index in [0.29, 0.717) is 17.5 Å². The predicted molar refractivity (Wildman–Crippen MR) is 78.7 cm³/mol. The lowest BCUT2D eigenvalue weighted by atomic mass is 10.1. The summed E-state index contributed by atoms with van der Waals surface area (Å²) in [5, 5.41) is 12.5. The second-order valence-corrected chi connectivity index (χ2v) is 5.02. The largest absolute Gasteiger partial charge is 0.497 e. The van der Waals surface area contributed by atoms with E-state index in [2.05, 4.69) is 17.1 Å². The molecule has 1 aromatic rings. The van der Waals surface area contributed by atoms with Crippen LogP contribution in [0.1, 0.15) is 30.1 Å². The zero-order valence-corrected chi connectivity index (χ0v) is 12.1. The molecule has 1 aromatic carbocycles. The van der Waals surface area contributed by atoms with Crippen molar-refractivity contribution in [2.45, 2.75) is 25.8 Å². The molecule has 2 rings (SSSR count). The van der Waals surface area contributed by atoms with Crippen LogP contribution in [0.15, 0.2) is 18.2 Å². The second kappa shape index (κ2) is 6.61. The lowest BCUT2D eigenvalue weighted by Gasteiger charge is -2.23. The Morgan fingerprint density at radius 2 is 2.35 bits per heavy atom. The number of likely N-dealkylation sites (N-methyl/N-ethyl adjacent to an activating group) is 1. The fourth-order valence-corrected chi connectivity index (χ4v) is 2.75. The third-order valence-electron chi connectivity index (χ3n) is 3.89. The summed E-state index contributed by atoms with van der Waals surface area (Å²) >= 11 is 0. The minimum atomic E-state index is -0.922. The Kier molecular flexibility index (Phi) is 4.84. The normalized spacial score (nSPS) is 19.0. The van der Waals surface area contributed by atoms with E-state index in [1.807, 2.05) is 0 Å². The lowest BCUT2D eigenvalue weighted by molar-refractivity contribution is 0.0698. The number of aromatic carboxylic acids is 1. The van der Waals surface area contributed by atoms with Gasteiger partial charge < -0.3 is 15.2 Å². The third-order valence-corrected chi connectivity index (χ3v) is 3.89. The summed E-state index contributed by atoms with van der Waals surface area (Å²) in [5.74, 6) is -0.259. The number of methoxy groups -OCH3 is 1. The molecule has 5 heteroatoms. The van der Waals surface area contributed by atoms with Crippen LogP contribution in [0.5, 0.6) is 5.75 Å². The van der Waals surface area contributed by atoms with Gasteiger partial charge in [-0.3, -0.25) is 4.90 Å². The highest BCUT2D eigenvalue weighted by molar-refractivity contribution is 5.94. The zero-order valence-electron chi connectivity index (χ0n) is 12.1. The van der Waals surface area contributed by atoms with E-state index in [9.17, 15) is 9.90 Å². The van der Waals surface area contributed by atoms with Gasteiger partial charge in [0.25, 0.3) is 0 Å². The van der Waals surface area contributed by atoms with Crippen LogP contribution in [0.25, 0.3) is 0 Å². The molecule has 0 aliphatic carbocycles. The standard InChI is InChI=1S/C15H22N2O3/c1-3-17-8-4-5-11(17)10-16-14-9-12(20-2)6-7-13(14)15(18)19/h6-7,9,11,16H,3-5,8,10H2,1-2H3,(H,18,19). The maximum absolute atomic E-state index is 11.2. The van der Waals surface area contributed by atoms with Crippen molar-refractivity contribution in [3.05, 3.63) is 23.8 Å². The molecule has 0 bridgehead atoms. The minimum absolute atomic E-state index is 0.284. The summed E-state index contributed by atoms with van der Waals surface area (Å²) in [6.07, 6.45) is 2.37. The van der Waals surface area contributed by atoms with Gasteiger partial charge in [-0.1, -0.05) is 6.92 Å². The van der Waals surface area contributed by atoms with Crippen LogP contribution in [-0.4, -0.2) is 48.8 Å². The molecule has 5 nitrogen and oxygen atoms in total. The number of anilines is 1. The number of rotatable bonds is 6. The molecule has 0 aromatic heterocycles. The smallest absolute Gasteiger partial charge is 0.337 e. The SMILES string of the molecule is CCN1CCCC1CNc1cc(OC)ccc1C(=O)O. The van der Waals surface area contributed by atoms with Gasteiger partial charge in [-0.05, 0) is 38.1 Å². The monoisotopic (exact) mass is 278 g/mol. The molecule has 0 spiro atoms. The lowest BCUT2D eigenvalue weighted by Crippen LogP contribution is -2.34. The van der Waals surface area contributed by atoms with Gasteiger partial charge in [-0.25, -0.2) is 4.79 Å². The Morgan fingerprint density at radius 1 is 1.55 bits per heavy atom. The first-order valence-corrected chi connectivity index (χ1v) is 7.05. The maximum atomic E-state index is 11.2. The van der Waals surface area contributed by atoms with Crippen LogP contribution < -0.4 is 10.1 Å². The average molecular weight is 278 g/mol. The van der Waals surface area contributed by atoms with Gasteiger partial charge in [0.1, 0.15) is 5.75 Å². The first-order valence-electron chi connectivity index (χ1n) is 7.05. The highest BCUT2D eigenvalue weighted by atomic mass is 16.5. The van der Waals surface area contributed by atoms with Crippen LogP contribution >= 0.6 is 0 Å². The Bertz CT molecular complexity index is 476. The Morgan fingerprint density at radius 3 is 3.00 bits per heavy atom. The van der Waals surface area contributed by atoms with E-state index < -0.39 is 5.97 Å². The van der Waals surface area contributed by atoms with Crippen LogP contribution in [-0.2, 0) is 0 Å². The van der Waals surface area contributed by atoms with Gasteiger partial charge in [0, 0.05) is 18.7 Å². The van der Waals surface area contributed by atoms with Crippen molar-refractivity contribution in [3.8, 4) is 5.75 Å². The Balaban J connectivity index is 2.09. The number of likely N-dealkylation sites (tertiary alicyclic amines) is 1. The number of nitrogens with one attached hydrogen (secondary N) is 1. The molecule has 1 heterocycles. The van der Waals surface area contributed by atoms with Crippen molar-refractivity contribution in [1.29, 1.82) is 0 Å². The summed E-state index contributed by atoms with van der Waals surface area (Å²) in [5.41, 5.74) is 0.909. The van der Waals surface area contributed by atoms with Crippen molar-refractivity contribution in [1.82, 2.24) is 4.90 Å². The van der Waals surface area contributed by atoms with Crippen molar-refractivity contribution in [2.24, 2.45) is 0 Å². The van der Waals surface area contributed by atoms with Gasteiger partial charge in [-0.2, -0.15) is 0 Å². The van der Waals surface area contributed by atoms with Crippen LogP contribution in [0.4, 0.5) is 5.69 Å². The molecule has 1 fully saturated rings. The third kappa shape index (κ3) is 3.22. The minimum Gasteiger partial charge on any atom is -0.497 e. The van der Waals surface area contributed by atoms with Crippen LogP contribution in [0, 0.1) is 0 Å². The fraction of sp³-hybridized carbons (Fsp3) is 0.533. The molecule has 1 aliphatic heterocycles. The number of hydrogen-bond acceptors (Lipinski definition) is 4. The first-order chi connectivity index (χ1) is 9.65. The molecular formula is C15H22N2O3. The van der Waals surface area contributed by atoms with Crippen molar-refractivity contribution in [2.75, 3.05) is 32.1 Å². The van der Waals surface area contributed by atoms with E-state index in [-0.39, 0.29) is 5.56 Å². The molecule has 110 valence electrons. The number of nitrogens with zero attached hydrogens (tertiary/aromatic N) is 1. The molecule has 1 unspecified atom stereocenters. The van der Waals surface area contributed by atoms with Crippen molar-refractivity contribution in [3.63, 3.8) is 0 Å². The molecule has 20 heavy (non-hydrogen) atoms. The van der Waals surface area contributed by atoms with E-state index in [1.165, 1.54) is 6.42 Å². The molecule has 1 saturated heterocycles. The van der Waals surface area contributed by atoms with Crippen LogP contribution in [0.3, 0.4) is 0 Å². The molecule has 0 saturated carbocycles. The number of benzene rings is 1. The number of carbonyl (C=O) groups is 1. The van der Waals surface area contributed by atoms with Crippen LogP contribution in [0.2, 0.25) is 0 Å². The average Bonchev–Trinajstić information content (AvgIpc) is 2.91. The number of carboxylic acids is 1. The van der Waals surface area contributed by atoms with Gasteiger partial charge >= 0.3 is 5.97 Å². The van der Waals surface area contributed by atoms with Crippen molar-refractivity contribution < 1.29 is 14.6 Å². The van der Waals surface area contributed by atoms with E-state index in [4.69, 9.17) is 4.74 Å². The highest BCUT2D eigenvalue weighted by Crippen LogP contribution is 2.24. The summed E-state index contributed by atoms with van der Waals surface area (Å²) < 4.78 is 5.16. The van der Waals surface area contributed by atoms with E-state index in [0.717, 1.165) is 26.1 Å². The predicted octanol–water partition coefficient (Wildman–Crippen LogP) is 2.29. The summed E-state index contributed by atoms with van der Waals surface area (Å²) in [7, 11) is 1.58. The van der Waals surface area contributed by atoms with E-state index >= 15 is 0 Å². The van der Waals surface area contributed by atoms with E-state index in [1.54, 1.807) is 25.3 Å². The number of carboxylic acid groups (broad SMARTS) is 1. The molecule has 1 atom stereocenters. The summed E-state index contributed by atoms with van der Waals surface area (Å²) in [4.78, 5) is 13.7. The van der Waals surface area contributed by atoms with Gasteiger partial charge in [0.15, 0.2) is 0 Å². The molecular weight excluding hydrogens is 256 g/mol. The molecule has 0 amide bonds. The highest BCUT2D eigenvalue weighted by Gasteiger charge is 2.23. The maximum Gasteiger partial charge on any atom is 0.337 e. The summed E-state index contributed by atoms with van der Waals surface area (Å²) in [6.45, 7) is 5.09.